The van der Waals surface area contributed by atoms with Crippen LogP contribution in [0.25, 0.3) is 0 Å². The molecule has 18 heavy (non-hydrogen) atoms. The van der Waals surface area contributed by atoms with Crippen molar-refractivity contribution in [3.8, 4) is 0 Å². The Kier molecular flexibility index (Phi) is 2.91. The number of sulfonamides is 1. The van der Waals surface area contributed by atoms with Crippen LogP contribution < -0.4 is 10.6 Å². The highest BCUT2D eigenvalue weighted by atomic mass is 79.9. The maximum Gasteiger partial charge on any atom is 0.286 e. The normalized spacial score (nSPS) is 25.2. The van der Waals surface area contributed by atoms with Crippen molar-refractivity contribution in [2.45, 2.75) is 23.8 Å². The van der Waals surface area contributed by atoms with Crippen LogP contribution in [0.15, 0.2) is 32.0 Å². The smallest absolute Gasteiger partial charge is 0.286 e. The van der Waals surface area contributed by atoms with Crippen molar-refractivity contribution in [2.75, 3.05) is 11.9 Å². The average Bonchev–Trinajstić information content (AvgIpc) is 2.80. The molecule has 0 bridgehead atoms. The number of fused-ring (bicyclic) bond motifs is 1. The van der Waals surface area contributed by atoms with Crippen molar-refractivity contribution in [2.24, 2.45) is 4.40 Å². The number of hydrogen-bond acceptors (Lipinski definition) is 4. The van der Waals surface area contributed by atoms with Gasteiger partial charge in [0.25, 0.3) is 10.0 Å². The van der Waals surface area contributed by atoms with E-state index in [9.17, 15) is 8.42 Å². The molecule has 1 fully saturated rings. The molecule has 1 aromatic carbocycles. The number of hydrogen-bond donors (Lipinski definition) is 2. The highest BCUT2D eigenvalue weighted by Gasteiger charge is 2.30. The Morgan fingerprint density at radius 1 is 1.39 bits per heavy atom. The minimum absolute atomic E-state index is 0.00640. The van der Waals surface area contributed by atoms with Gasteiger partial charge in [0.1, 0.15) is 10.7 Å². The zero-order chi connectivity index (χ0) is 12.8. The first-order valence-corrected chi connectivity index (χ1v) is 7.94. The number of nitrogens with one attached hydrogen (secondary N) is 2. The van der Waals surface area contributed by atoms with Gasteiger partial charge in [-0.1, -0.05) is 15.9 Å². The molecule has 1 unspecified atom stereocenters. The van der Waals surface area contributed by atoms with Gasteiger partial charge in [-0.2, -0.15) is 8.42 Å². The lowest BCUT2D eigenvalue weighted by molar-refractivity contribution is 0.597. The molecule has 96 valence electrons. The predicted molar refractivity (Wildman–Crippen MR) is 73.4 cm³/mol. The van der Waals surface area contributed by atoms with Crippen molar-refractivity contribution in [1.82, 2.24) is 5.32 Å². The zero-order valence-electron chi connectivity index (χ0n) is 9.48. The molecule has 1 atom stereocenters. The summed E-state index contributed by atoms with van der Waals surface area (Å²) in [5, 5.41) is 6.35. The molecule has 0 amide bonds. The Morgan fingerprint density at radius 3 is 2.94 bits per heavy atom. The first-order valence-electron chi connectivity index (χ1n) is 5.71. The van der Waals surface area contributed by atoms with Gasteiger partial charge in [-0.05, 0) is 37.6 Å². The van der Waals surface area contributed by atoms with Crippen LogP contribution in [0.2, 0.25) is 0 Å². The van der Waals surface area contributed by atoms with E-state index in [2.05, 4.69) is 31.0 Å². The van der Waals surface area contributed by atoms with Crippen molar-refractivity contribution < 1.29 is 8.42 Å². The van der Waals surface area contributed by atoms with E-state index in [1.54, 1.807) is 18.2 Å². The Hall–Kier alpha value is -0.920. The van der Waals surface area contributed by atoms with Crippen LogP contribution in [0.1, 0.15) is 12.8 Å². The fourth-order valence-corrected chi connectivity index (χ4v) is 3.75. The Labute approximate surface area is 114 Å². The maximum absolute atomic E-state index is 12.1. The molecular formula is C11H12BrN3O2S. The van der Waals surface area contributed by atoms with Gasteiger partial charge in [-0.3, -0.25) is 0 Å². The van der Waals surface area contributed by atoms with Gasteiger partial charge >= 0.3 is 0 Å². The second kappa shape index (κ2) is 4.32. The van der Waals surface area contributed by atoms with Crippen molar-refractivity contribution in [3.63, 3.8) is 0 Å². The van der Waals surface area contributed by atoms with E-state index in [1.807, 2.05) is 0 Å². The third kappa shape index (κ3) is 2.06. The summed E-state index contributed by atoms with van der Waals surface area (Å²) in [6, 6.07) is 5.03. The number of nitrogens with zero attached hydrogens (tertiary/aromatic N) is 1. The first kappa shape index (κ1) is 12.1. The zero-order valence-corrected chi connectivity index (χ0v) is 11.9. The van der Waals surface area contributed by atoms with E-state index >= 15 is 0 Å². The Morgan fingerprint density at radius 2 is 2.22 bits per heavy atom. The molecule has 1 aromatic rings. The van der Waals surface area contributed by atoms with Crippen LogP contribution in [0.4, 0.5) is 5.69 Å². The molecule has 7 heteroatoms. The van der Waals surface area contributed by atoms with E-state index < -0.39 is 10.0 Å². The molecule has 5 nitrogen and oxygen atoms in total. The quantitative estimate of drug-likeness (QED) is 0.822. The van der Waals surface area contributed by atoms with Gasteiger partial charge in [0.05, 0.1) is 11.7 Å². The third-order valence-corrected chi connectivity index (χ3v) is 4.93. The molecule has 2 aliphatic rings. The topological polar surface area (TPSA) is 70.6 Å². The fraction of sp³-hybridized carbons (Fsp3) is 0.364. The SMILES string of the molecule is O=S1(=O)N=C(C2CCCN2)Nc2cc(Br)ccc21. The summed E-state index contributed by atoms with van der Waals surface area (Å²) >= 11 is 3.34. The first-order chi connectivity index (χ1) is 8.56. The summed E-state index contributed by atoms with van der Waals surface area (Å²) in [5.41, 5.74) is 0.586. The number of halogens is 1. The number of amidine groups is 1. The molecule has 2 aliphatic heterocycles. The van der Waals surface area contributed by atoms with Gasteiger partial charge in [0.15, 0.2) is 0 Å². The van der Waals surface area contributed by atoms with E-state index in [-0.39, 0.29) is 10.9 Å². The maximum atomic E-state index is 12.1. The largest absolute Gasteiger partial charge is 0.341 e. The van der Waals surface area contributed by atoms with Crippen molar-refractivity contribution in [3.05, 3.63) is 22.7 Å². The molecule has 0 aliphatic carbocycles. The van der Waals surface area contributed by atoms with Crippen LogP contribution in [0.5, 0.6) is 0 Å². The summed E-state index contributed by atoms with van der Waals surface area (Å²) in [5.74, 6) is 0.498. The number of anilines is 1. The molecule has 2 N–H and O–H groups in total. The van der Waals surface area contributed by atoms with E-state index in [1.165, 1.54) is 0 Å². The summed E-state index contributed by atoms with van der Waals surface area (Å²) in [7, 11) is -3.58. The van der Waals surface area contributed by atoms with Gasteiger partial charge in [-0.25, -0.2) is 0 Å². The third-order valence-electron chi connectivity index (χ3n) is 3.09. The minimum atomic E-state index is -3.58. The van der Waals surface area contributed by atoms with Crippen LogP contribution in [0.3, 0.4) is 0 Å². The van der Waals surface area contributed by atoms with Gasteiger partial charge in [-0.15, -0.1) is 4.40 Å². The predicted octanol–water partition coefficient (Wildman–Crippen LogP) is 1.71. The van der Waals surface area contributed by atoms with Crippen LogP contribution in [0, 0.1) is 0 Å². The second-order valence-electron chi connectivity index (χ2n) is 4.37. The van der Waals surface area contributed by atoms with Crippen LogP contribution >= 0.6 is 15.9 Å². The van der Waals surface area contributed by atoms with E-state index in [4.69, 9.17) is 0 Å². The summed E-state index contributed by atoms with van der Waals surface area (Å²) < 4.78 is 28.9. The summed E-state index contributed by atoms with van der Waals surface area (Å²) in [6.45, 7) is 0.900. The van der Waals surface area contributed by atoms with E-state index in [0.717, 1.165) is 23.9 Å². The minimum Gasteiger partial charge on any atom is -0.341 e. The lowest BCUT2D eigenvalue weighted by Crippen LogP contribution is -2.38. The highest BCUT2D eigenvalue weighted by Crippen LogP contribution is 2.31. The van der Waals surface area contributed by atoms with Crippen LogP contribution in [-0.4, -0.2) is 26.8 Å². The van der Waals surface area contributed by atoms with Gasteiger partial charge in [0, 0.05) is 4.47 Å². The number of benzene rings is 1. The van der Waals surface area contributed by atoms with Crippen molar-refractivity contribution >= 4 is 37.5 Å². The summed E-state index contributed by atoms with van der Waals surface area (Å²) in [4.78, 5) is 0.229. The second-order valence-corrected chi connectivity index (χ2v) is 6.85. The Bertz CT molecular complexity index is 621. The summed E-state index contributed by atoms with van der Waals surface area (Å²) in [6.07, 6.45) is 1.95. The molecular weight excluding hydrogens is 318 g/mol. The fourth-order valence-electron chi connectivity index (χ4n) is 2.23. The molecule has 3 rings (SSSR count). The van der Waals surface area contributed by atoms with Crippen LogP contribution in [-0.2, 0) is 10.0 Å². The van der Waals surface area contributed by atoms with Gasteiger partial charge in [0.2, 0.25) is 0 Å². The molecule has 0 spiro atoms. The molecule has 0 saturated carbocycles. The number of rotatable bonds is 1. The Balaban J connectivity index is 2.06. The lowest BCUT2D eigenvalue weighted by atomic mass is 10.2. The van der Waals surface area contributed by atoms with E-state index in [0.29, 0.717) is 11.5 Å². The molecule has 1 saturated heterocycles. The highest BCUT2D eigenvalue weighted by molar-refractivity contribution is 9.10. The molecule has 0 radical (unpaired) electrons. The lowest BCUT2D eigenvalue weighted by Gasteiger charge is -2.22. The van der Waals surface area contributed by atoms with Crippen molar-refractivity contribution in [1.29, 1.82) is 0 Å². The van der Waals surface area contributed by atoms with Gasteiger partial charge < -0.3 is 10.6 Å². The standard InChI is InChI=1S/C11H12BrN3O2S/c12-7-3-4-10-9(6-7)14-11(15-18(10,16)17)8-2-1-5-13-8/h3-4,6,8,13H,1-2,5H2,(H,14,15). The monoisotopic (exact) mass is 329 g/mol. The molecule has 2 heterocycles. The average molecular weight is 330 g/mol. The molecule has 0 aromatic heterocycles.